The molecule has 1 spiro atoms. The van der Waals surface area contributed by atoms with Crippen LogP contribution < -0.4 is 25.6 Å². The minimum Gasteiger partial charge on any atom is -0.486 e. The minimum atomic E-state index is -1.06. The number of carbonyl (C=O) groups excluding carboxylic acids is 5. The summed E-state index contributed by atoms with van der Waals surface area (Å²) in [6.45, 7) is 8.20. The Bertz CT molecular complexity index is 2590. The monoisotopic (exact) mass is 954 g/mol. The average Bonchev–Trinajstić information content (AvgIpc) is 3.82. The summed E-state index contributed by atoms with van der Waals surface area (Å²) in [5.74, 6) is 0.202. The van der Waals surface area contributed by atoms with E-state index in [9.17, 15) is 24.0 Å². The second-order valence-corrected chi connectivity index (χ2v) is 18.7. The van der Waals surface area contributed by atoms with Crippen molar-refractivity contribution in [3.63, 3.8) is 0 Å². The van der Waals surface area contributed by atoms with Gasteiger partial charge in [0.2, 0.25) is 11.8 Å². The van der Waals surface area contributed by atoms with E-state index in [1.54, 1.807) is 30.6 Å². The van der Waals surface area contributed by atoms with E-state index in [2.05, 4.69) is 60.8 Å². The predicted molar refractivity (Wildman–Crippen MR) is 257 cm³/mol. The number of thiol groups is 1. The van der Waals surface area contributed by atoms with Crippen molar-refractivity contribution in [2.24, 2.45) is 5.41 Å². The first-order valence-electron chi connectivity index (χ1n) is 22.1. The number of fused-ring (bicyclic) bond motifs is 2. The van der Waals surface area contributed by atoms with E-state index >= 15 is 0 Å². The van der Waals surface area contributed by atoms with Crippen molar-refractivity contribution in [1.29, 1.82) is 0 Å². The topological polar surface area (TPSA) is 195 Å². The lowest BCUT2D eigenvalue weighted by molar-refractivity contribution is -0.132. The van der Waals surface area contributed by atoms with Crippen LogP contribution in [0.3, 0.4) is 0 Å². The lowest BCUT2D eigenvalue weighted by Gasteiger charge is -2.56. The molecule has 3 aromatic heterocycles. The van der Waals surface area contributed by atoms with Gasteiger partial charge >= 0.3 is 0 Å². The highest BCUT2D eigenvalue weighted by Crippen LogP contribution is 2.38. The zero-order valence-corrected chi connectivity index (χ0v) is 39.1. The van der Waals surface area contributed by atoms with Crippen molar-refractivity contribution in [2.45, 2.75) is 62.8 Å². The van der Waals surface area contributed by atoms with E-state index in [-0.39, 0.29) is 36.0 Å². The number of hydrogen-bond donors (Lipinski definition) is 5. The molecular formula is C47H52Cl2N10O6S. The van der Waals surface area contributed by atoms with Crippen molar-refractivity contribution in [1.82, 2.24) is 40.6 Å². The first-order chi connectivity index (χ1) is 31.9. The molecule has 4 aliphatic rings. The second kappa shape index (κ2) is 20.4. The molecule has 3 saturated heterocycles. The van der Waals surface area contributed by atoms with Crippen LogP contribution in [0, 0.1) is 5.41 Å². The summed E-state index contributed by atoms with van der Waals surface area (Å²) in [6, 6.07) is 13.9. The van der Waals surface area contributed by atoms with Crippen molar-refractivity contribution >= 4 is 88.2 Å². The Morgan fingerprint density at radius 3 is 2.45 bits per heavy atom. The highest BCUT2D eigenvalue weighted by atomic mass is 35.5. The molecule has 66 heavy (non-hydrogen) atoms. The number of imide groups is 1. The predicted octanol–water partition coefficient (Wildman–Crippen LogP) is 6.37. The molecule has 19 heteroatoms. The van der Waals surface area contributed by atoms with E-state index in [0.717, 1.165) is 85.0 Å². The fourth-order valence-corrected chi connectivity index (χ4v) is 9.84. The van der Waals surface area contributed by atoms with Crippen LogP contribution in [0.5, 0.6) is 5.75 Å². The maximum absolute atomic E-state index is 13.2. The molecule has 0 bridgehead atoms. The SMILES string of the molecule is CNC(=O)C(CCC=O)N1C(=O)c2cccc(NCCCC(=O)N3CCC(S)CC3)c2C1=O.C[C@@H](Oc1ccc2[nH]nc(-c3ccc(N4CC5(CNC5)C4)nc3)c2c1)c1c(Cl)cncc1Cl. The number of carbonyl (C=O) groups is 5. The summed E-state index contributed by atoms with van der Waals surface area (Å²) in [5, 5.41) is 18.9. The molecule has 0 radical (unpaired) electrons. The van der Waals surface area contributed by atoms with Crippen molar-refractivity contribution < 1.29 is 28.7 Å². The first kappa shape index (κ1) is 46.8. The molecule has 5 aromatic rings. The molecule has 2 atom stereocenters. The number of nitrogens with one attached hydrogen (secondary N) is 4. The van der Waals surface area contributed by atoms with E-state index in [0.29, 0.717) is 63.4 Å². The number of nitrogens with zero attached hydrogens (tertiary/aromatic N) is 6. The number of likely N-dealkylation sites (N-methyl/N-ethyl adjacent to an activating group) is 1. The number of pyridine rings is 2. The number of aldehydes is 1. The normalized spacial score (nSPS) is 17.3. The number of aromatic amines is 1. The van der Waals surface area contributed by atoms with Crippen LogP contribution >= 0.6 is 35.8 Å². The van der Waals surface area contributed by atoms with Gasteiger partial charge in [-0.15, -0.1) is 0 Å². The molecule has 1 unspecified atom stereocenters. The first-order valence-corrected chi connectivity index (χ1v) is 23.4. The number of benzene rings is 2. The summed E-state index contributed by atoms with van der Waals surface area (Å²) in [6.07, 6.45) is 8.23. The van der Waals surface area contributed by atoms with Gasteiger partial charge in [0, 0.05) is 117 Å². The number of anilines is 2. The van der Waals surface area contributed by atoms with Crippen LogP contribution in [0.2, 0.25) is 10.0 Å². The smallest absolute Gasteiger partial charge is 0.264 e. The Morgan fingerprint density at radius 2 is 1.79 bits per heavy atom. The lowest BCUT2D eigenvalue weighted by atomic mass is 9.74. The molecule has 7 heterocycles. The fourth-order valence-electron chi connectivity index (χ4n) is 8.94. The summed E-state index contributed by atoms with van der Waals surface area (Å²) in [7, 11) is 1.42. The molecule has 0 saturated carbocycles. The standard InChI is InChI=1S/C24H22Cl2N6O.C23H30N4O5S/c1-14(22-18(25)8-27-9-19(22)26)33-16-3-4-20-17(6-16)23(31-30-20)15-2-5-21(29-7-15)32-12-24(13-32)10-28-11-24;1-24-21(30)18(7-4-14-28)27-22(31)16-5-2-6-17(20(16)23(27)32)25-11-3-8-19(29)26-12-9-15(33)10-13-26/h2-9,14,28H,10-13H2,1H3,(H,30,31);2,5-6,14-15,18,25,33H,3-4,7-13H2,1H3,(H,24,30)/t14-;/m1./s1. The van der Waals surface area contributed by atoms with Gasteiger partial charge in [0.15, 0.2) is 0 Å². The number of halogens is 2. The number of ether oxygens (including phenoxy) is 1. The van der Waals surface area contributed by atoms with Crippen LogP contribution in [0.25, 0.3) is 22.2 Å². The van der Waals surface area contributed by atoms with Gasteiger partial charge in [-0.3, -0.25) is 34.2 Å². The van der Waals surface area contributed by atoms with Gasteiger partial charge in [-0.2, -0.15) is 17.7 Å². The number of rotatable bonds is 15. The summed E-state index contributed by atoms with van der Waals surface area (Å²) < 4.78 is 6.17. The lowest BCUT2D eigenvalue weighted by Crippen LogP contribution is -2.71. The highest BCUT2D eigenvalue weighted by Gasteiger charge is 2.48. The Morgan fingerprint density at radius 1 is 1.03 bits per heavy atom. The van der Waals surface area contributed by atoms with Gasteiger partial charge in [0.1, 0.15) is 35.7 Å². The molecule has 4 aliphatic heterocycles. The number of piperidine rings is 1. The Labute approximate surface area is 397 Å². The Hall–Kier alpha value is -5.75. The number of amides is 4. The largest absolute Gasteiger partial charge is 0.486 e. The molecule has 346 valence electrons. The van der Waals surface area contributed by atoms with E-state index in [4.69, 9.17) is 32.9 Å². The molecule has 3 fully saturated rings. The number of H-pyrrole nitrogens is 1. The van der Waals surface area contributed by atoms with Crippen LogP contribution in [-0.2, 0) is 14.4 Å². The fraction of sp³-hybridized carbons (Fsp3) is 0.404. The molecule has 9 rings (SSSR count). The molecule has 4 N–H and O–H groups in total. The summed E-state index contributed by atoms with van der Waals surface area (Å²) >= 11 is 17.0. The molecule has 16 nitrogen and oxygen atoms in total. The molecule has 0 aliphatic carbocycles. The summed E-state index contributed by atoms with van der Waals surface area (Å²) in [5.41, 5.74) is 4.82. The average molecular weight is 956 g/mol. The molecule has 4 amide bonds. The molecule has 2 aromatic carbocycles. The third kappa shape index (κ3) is 9.85. The van der Waals surface area contributed by atoms with E-state index in [1.807, 2.05) is 36.2 Å². The second-order valence-electron chi connectivity index (χ2n) is 17.1. The highest BCUT2D eigenvalue weighted by molar-refractivity contribution is 7.80. The van der Waals surface area contributed by atoms with Crippen LogP contribution in [-0.4, -0.2) is 124 Å². The van der Waals surface area contributed by atoms with Gasteiger partial charge in [0.05, 0.1) is 26.7 Å². The Balaban J connectivity index is 0.000000179. The number of likely N-dealkylation sites (tertiary alicyclic amines) is 1. The minimum absolute atomic E-state index is 0.0519. The van der Waals surface area contributed by atoms with Gasteiger partial charge in [-0.25, -0.2) is 4.98 Å². The number of aromatic nitrogens is 4. The van der Waals surface area contributed by atoms with Crippen LogP contribution in [0.1, 0.15) is 77.8 Å². The zero-order chi connectivity index (χ0) is 46.5. The van der Waals surface area contributed by atoms with Gasteiger partial charge < -0.3 is 35.3 Å². The van der Waals surface area contributed by atoms with Crippen molar-refractivity contribution in [2.75, 3.05) is 63.1 Å². The van der Waals surface area contributed by atoms with Crippen LogP contribution in [0.15, 0.2) is 67.1 Å². The maximum Gasteiger partial charge on any atom is 0.264 e. The zero-order valence-electron chi connectivity index (χ0n) is 36.7. The van der Waals surface area contributed by atoms with E-state index < -0.39 is 23.8 Å². The molecular weight excluding hydrogens is 904 g/mol. The van der Waals surface area contributed by atoms with Gasteiger partial charge in [-0.1, -0.05) is 29.3 Å². The number of hydrogen-bond acceptors (Lipinski definition) is 13. The summed E-state index contributed by atoms with van der Waals surface area (Å²) in [4.78, 5) is 75.5. The maximum atomic E-state index is 13.2. The van der Waals surface area contributed by atoms with Crippen molar-refractivity contribution in [3.8, 4) is 17.0 Å². The Kier molecular flexibility index (Phi) is 14.5. The third-order valence-electron chi connectivity index (χ3n) is 12.6. The van der Waals surface area contributed by atoms with E-state index in [1.165, 1.54) is 7.05 Å². The van der Waals surface area contributed by atoms with Crippen molar-refractivity contribution in [3.05, 3.63) is 93.9 Å². The third-order valence-corrected chi connectivity index (χ3v) is 13.7. The van der Waals surface area contributed by atoms with Crippen LogP contribution in [0.4, 0.5) is 11.5 Å². The quantitative estimate of drug-likeness (QED) is 0.0338. The van der Waals surface area contributed by atoms with Gasteiger partial charge in [0.25, 0.3) is 11.8 Å². The van der Waals surface area contributed by atoms with Gasteiger partial charge in [-0.05, 0) is 75.1 Å².